The van der Waals surface area contributed by atoms with Crippen LogP contribution in [0.25, 0.3) is 0 Å². The van der Waals surface area contributed by atoms with Gasteiger partial charge in [-0.25, -0.2) is 0 Å². The Morgan fingerprint density at radius 1 is 1.10 bits per heavy atom. The van der Waals surface area contributed by atoms with Crippen LogP contribution in [0.15, 0.2) is 36.4 Å². The fourth-order valence-corrected chi connectivity index (χ4v) is 3.13. The predicted molar refractivity (Wildman–Crippen MR) is 75.5 cm³/mol. The van der Waals surface area contributed by atoms with Crippen molar-refractivity contribution in [3.05, 3.63) is 42.0 Å². The molecule has 0 unspecified atom stereocenters. The highest BCUT2D eigenvalue weighted by molar-refractivity contribution is 5.99. The Morgan fingerprint density at radius 2 is 1.80 bits per heavy atom. The number of carboxylic acid groups (broad SMARTS) is 1. The zero-order valence-corrected chi connectivity index (χ0v) is 11.2. The standard InChI is InChI=1S/C16H17NO3/c18-15(12-6-2-3-7-13(12)16(19)20)17-10-9-11-5-1-4-8-14(11)17/h1-5,8,12-13H,6-7,9-10H2,(H,19,20)/t12-,13+/m0/s1. The van der Waals surface area contributed by atoms with Gasteiger partial charge in [0.05, 0.1) is 11.8 Å². The summed E-state index contributed by atoms with van der Waals surface area (Å²) in [5.74, 6) is -1.96. The summed E-state index contributed by atoms with van der Waals surface area (Å²) in [6.07, 6.45) is 5.60. The molecule has 1 aromatic carbocycles. The van der Waals surface area contributed by atoms with Crippen molar-refractivity contribution in [2.75, 3.05) is 11.4 Å². The van der Waals surface area contributed by atoms with Gasteiger partial charge < -0.3 is 10.0 Å². The van der Waals surface area contributed by atoms with Crippen LogP contribution in [0.1, 0.15) is 18.4 Å². The molecule has 4 heteroatoms. The molecule has 0 radical (unpaired) electrons. The van der Waals surface area contributed by atoms with Crippen LogP contribution in [-0.4, -0.2) is 23.5 Å². The number of carboxylic acids is 1. The van der Waals surface area contributed by atoms with E-state index in [4.69, 9.17) is 0 Å². The molecular weight excluding hydrogens is 254 g/mol. The number of carbonyl (C=O) groups is 2. The molecule has 3 rings (SSSR count). The van der Waals surface area contributed by atoms with E-state index in [1.807, 2.05) is 36.4 Å². The van der Waals surface area contributed by atoms with Gasteiger partial charge in [0.15, 0.2) is 0 Å². The number of fused-ring (bicyclic) bond motifs is 1. The van der Waals surface area contributed by atoms with Gasteiger partial charge in [-0.3, -0.25) is 9.59 Å². The summed E-state index contributed by atoms with van der Waals surface area (Å²) < 4.78 is 0. The van der Waals surface area contributed by atoms with Crippen molar-refractivity contribution < 1.29 is 14.7 Å². The van der Waals surface area contributed by atoms with E-state index < -0.39 is 17.8 Å². The van der Waals surface area contributed by atoms with Gasteiger partial charge in [0.1, 0.15) is 0 Å². The number of rotatable bonds is 2. The highest BCUT2D eigenvalue weighted by atomic mass is 16.4. The highest BCUT2D eigenvalue weighted by Crippen LogP contribution is 2.33. The molecule has 1 N–H and O–H groups in total. The van der Waals surface area contributed by atoms with E-state index in [-0.39, 0.29) is 5.91 Å². The number of hydrogen-bond acceptors (Lipinski definition) is 2. The van der Waals surface area contributed by atoms with Crippen molar-refractivity contribution in [1.29, 1.82) is 0 Å². The predicted octanol–water partition coefficient (Wildman–Crippen LogP) is 2.24. The summed E-state index contributed by atoms with van der Waals surface area (Å²) in [5.41, 5.74) is 2.11. The van der Waals surface area contributed by atoms with Crippen LogP contribution >= 0.6 is 0 Å². The molecule has 1 aliphatic heterocycles. The average Bonchev–Trinajstić information content (AvgIpc) is 2.90. The Bertz CT molecular complexity index is 579. The Balaban J connectivity index is 1.86. The van der Waals surface area contributed by atoms with Crippen LogP contribution in [0.3, 0.4) is 0 Å². The van der Waals surface area contributed by atoms with Gasteiger partial charge in [-0.2, -0.15) is 0 Å². The fourth-order valence-electron chi connectivity index (χ4n) is 3.13. The van der Waals surface area contributed by atoms with Gasteiger partial charge in [0.2, 0.25) is 5.91 Å². The first-order valence-corrected chi connectivity index (χ1v) is 6.95. The normalized spacial score (nSPS) is 24.5. The van der Waals surface area contributed by atoms with Crippen LogP contribution in [0.5, 0.6) is 0 Å². The Kier molecular flexibility index (Phi) is 3.30. The fraction of sp³-hybridized carbons (Fsp3) is 0.375. The molecule has 0 saturated heterocycles. The van der Waals surface area contributed by atoms with Gasteiger partial charge in [-0.1, -0.05) is 30.4 Å². The third kappa shape index (κ3) is 2.11. The first-order valence-electron chi connectivity index (χ1n) is 6.95. The second-order valence-corrected chi connectivity index (χ2v) is 5.36. The lowest BCUT2D eigenvalue weighted by Gasteiger charge is -2.28. The topological polar surface area (TPSA) is 57.6 Å². The lowest BCUT2D eigenvalue weighted by atomic mass is 9.82. The number of carbonyl (C=O) groups excluding carboxylic acids is 1. The lowest BCUT2D eigenvalue weighted by molar-refractivity contribution is -0.146. The second-order valence-electron chi connectivity index (χ2n) is 5.36. The maximum Gasteiger partial charge on any atom is 0.307 e. The summed E-state index contributed by atoms with van der Waals surface area (Å²) in [4.78, 5) is 25.8. The average molecular weight is 271 g/mol. The van der Waals surface area contributed by atoms with E-state index in [1.165, 1.54) is 5.56 Å². The molecule has 0 spiro atoms. The van der Waals surface area contributed by atoms with Crippen LogP contribution < -0.4 is 4.90 Å². The molecule has 2 atom stereocenters. The van der Waals surface area contributed by atoms with Crippen molar-refractivity contribution in [2.24, 2.45) is 11.8 Å². The molecule has 0 bridgehead atoms. The SMILES string of the molecule is O=C(O)[C@@H]1CC=CC[C@@H]1C(=O)N1CCc2ccccc21. The van der Waals surface area contributed by atoms with Gasteiger partial charge >= 0.3 is 5.97 Å². The quantitative estimate of drug-likeness (QED) is 0.839. The Hall–Kier alpha value is -2.10. The molecule has 4 nitrogen and oxygen atoms in total. The molecule has 0 saturated carbocycles. The first-order chi connectivity index (χ1) is 9.68. The number of allylic oxidation sites excluding steroid dienone is 2. The monoisotopic (exact) mass is 271 g/mol. The third-order valence-corrected chi connectivity index (χ3v) is 4.22. The number of nitrogens with zero attached hydrogens (tertiary/aromatic N) is 1. The number of benzene rings is 1. The first kappa shape index (κ1) is 12.9. The number of aliphatic carboxylic acids is 1. The van der Waals surface area contributed by atoms with E-state index in [0.717, 1.165) is 12.1 Å². The minimum atomic E-state index is -0.875. The van der Waals surface area contributed by atoms with Crippen LogP contribution in [0, 0.1) is 11.8 Å². The van der Waals surface area contributed by atoms with Crippen LogP contribution in [0.4, 0.5) is 5.69 Å². The molecule has 1 aliphatic carbocycles. The minimum absolute atomic E-state index is 0.0494. The molecule has 1 amide bonds. The van der Waals surface area contributed by atoms with E-state index in [0.29, 0.717) is 19.4 Å². The van der Waals surface area contributed by atoms with Crippen molar-refractivity contribution in [3.8, 4) is 0 Å². The summed E-state index contributed by atoms with van der Waals surface area (Å²) in [6, 6.07) is 7.85. The van der Waals surface area contributed by atoms with Crippen LogP contribution in [0.2, 0.25) is 0 Å². The summed E-state index contributed by atoms with van der Waals surface area (Å²) >= 11 is 0. The highest BCUT2D eigenvalue weighted by Gasteiger charge is 2.38. The number of para-hydroxylation sites is 1. The zero-order valence-electron chi connectivity index (χ0n) is 11.2. The maximum atomic E-state index is 12.7. The van der Waals surface area contributed by atoms with Gasteiger partial charge in [-0.15, -0.1) is 0 Å². The Morgan fingerprint density at radius 3 is 2.55 bits per heavy atom. The van der Waals surface area contributed by atoms with E-state index in [2.05, 4.69) is 0 Å². The minimum Gasteiger partial charge on any atom is -0.481 e. The second kappa shape index (κ2) is 5.12. The molecule has 2 aliphatic rings. The number of hydrogen-bond donors (Lipinski definition) is 1. The molecular formula is C16H17NO3. The van der Waals surface area contributed by atoms with Gasteiger partial charge in [0, 0.05) is 12.2 Å². The summed E-state index contributed by atoms with van der Waals surface area (Å²) in [7, 11) is 0. The smallest absolute Gasteiger partial charge is 0.307 e. The van der Waals surface area contributed by atoms with E-state index >= 15 is 0 Å². The largest absolute Gasteiger partial charge is 0.481 e. The molecule has 20 heavy (non-hydrogen) atoms. The zero-order chi connectivity index (χ0) is 14.1. The molecule has 0 aromatic heterocycles. The van der Waals surface area contributed by atoms with Crippen LogP contribution in [-0.2, 0) is 16.0 Å². The summed E-state index contributed by atoms with van der Waals surface area (Å²) in [6.45, 7) is 0.657. The number of anilines is 1. The Labute approximate surface area is 117 Å². The molecule has 1 aromatic rings. The molecule has 104 valence electrons. The molecule has 1 heterocycles. The van der Waals surface area contributed by atoms with E-state index in [9.17, 15) is 14.7 Å². The van der Waals surface area contributed by atoms with Crippen molar-refractivity contribution in [2.45, 2.75) is 19.3 Å². The maximum absolute atomic E-state index is 12.7. The third-order valence-electron chi connectivity index (χ3n) is 4.22. The lowest BCUT2D eigenvalue weighted by Crippen LogP contribution is -2.41. The van der Waals surface area contributed by atoms with E-state index in [1.54, 1.807) is 4.90 Å². The van der Waals surface area contributed by atoms with Crippen molar-refractivity contribution in [1.82, 2.24) is 0 Å². The van der Waals surface area contributed by atoms with Gasteiger partial charge in [0.25, 0.3) is 0 Å². The number of amides is 1. The van der Waals surface area contributed by atoms with Crippen molar-refractivity contribution in [3.63, 3.8) is 0 Å². The summed E-state index contributed by atoms with van der Waals surface area (Å²) in [5, 5.41) is 9.29. The van der Waals surface area contributed by atoms with Crippen molar-refractivity contribution >= 4 is 17.6 Å². The molecule has 0 fully saturated rings. The van der Waals surface area contributed by atoms with Gasteiger partial charge in [-0.05, 0) is 30.9 Å².